The summed E-state index contributed by atoms with van der Waals surface area (Å²) in [4.78, 5) is 0. The number of halogens is 1. The maximum absolute atomic E-state index is 4.52. The smallest absolute Gasteiger partial charge is 0.0625 e. The van der Waals surface area contributed by atoms with Gasteiger partial charge in [-0.2, -0.15) is 5.10 Å². The molecule has 4 heteroatoms. The highest BCUT2D eigenvalue weighted by Gasteiger charge is 2.15. The van der Waals surface area contributed by atoms with Crippen LogP contribution in [0.4, 0.5) is 0 Å². The van der Waals surface area contributed by atoms with E-state index in [-0.39, 0.29) is 0 Å². The van der Waals surface area contributed by atoms with E-state index >= 15 is 0 Å². The Kier molecular flexibility index (Phi) is 4.77. The van der Waals surface area contributed by atoms with E-state index in [9.17, 15) is 0 Å². The quantitative estimate of drug-likeness (QED) is 0.916. The standard InChI is InChI=1S/C15H20BrN3/c1-4-13-10-15(19(3)18-13)14(17-2)9-11-5-7-12(16)8-6-11/h5-8,10,14,17H,4,9H2,1-3H3. The lowest BCUT2D eigenvalue weighted by atomic mass is 10.0. The van der Waals surface area contributed by atoms with Crippen molar-refractivity contribution >= 4 is 15.9 Å². The first-order valence-electron chi connectivity index (χ1n) is 6.58. The van der Waals surface area contributed by atoms with Crippen molar-refractivity contribution in [3.63, 3.8) is 0 Å². The Balaban J connectivity index is 2.19. The molecule has 0 aliphatic carbocycles. The van der Waals surface area contributed by atoms with Gasteiger partial charge in [0, 0.05) is 11.5 Å². The topological polar surface area (TPSA) is 29.9 Å². The number of likely N-dealkylation sites (N-methyl/N-ethyl adjacent to an activating group) is 1. The van der Waals surface area contributed by atoms with E-state index in [0.717, 1.165) is 23.0 Å². The van der Waals surface area contributed by atoms with Gasteiger partial charge in [-0.05, 0) is 43.7 Å². The van der Waals surface area contributed by atoms with Crippen LogP contribution in [-0.4, -0.2) is 16.8 Å². The predicted molar refractivity (Wildman–Crippen MR) is 82.2 cm³/mol. The Morgan fingerprint density at radius 2 is 2.00 bits per heavy atom. The molecule has 19 heavy (non-hydrogen) atoms. The largest absolute Gasteiger partial charge is 0.311 e. The zero-order valence-corrected chi connectivity index (χ0v) is 13.2. The molecule has 2 aromatic rings. The third-order valence-corrected chi connectivity index (χ3v) is 3.92. The van der Waals surface area contributed by atoms with Gasteiger partial charge in [-0.3, -0.25) is 4.68 Å². The van der Waals surface area contributed by atoms with Crippen molar-refractivity contribution < 1.29 is 0 Å². The second kappa shape index (κ2) is 6.35. The predicted octanol–water partition coefficient (Wildman–Crippen LogP) is 3.25. The first-order valence-corrected chi connectivity index (χ1v) is 7.37. The van der Waals surface area contributed by atoms with E-state index < -0.39 is 0 Å². The number of nitrogens with zero attached hydrogens (tertiary/aromatic N) is 2. The van der Waals surface area contributed by atoms with Crippen LogP contribution in [0, 0.1) is 0 Å². The molecule has 0 radical (unpaired) electrons. The average molecular weight is 322 g/mol. The highest BCUT2D eigenvalue weighted by molar-refractivity contribution is 9.10. The Morgan fingerprint density at radius 3 is 2.53 bits per heavy atom. The minimum absolute atomic E-state index is 0.291. The van der Waals surface area contributed by atoms with Crippen LogP contribution < -0.4 is 5.32 Å². The molecule has 1 aromatic carbocycles. The van der Waals surface area contributed by atoms with Gasteiger partial charge in [-0.25, -0.2) is 0 Å². The van der Waals surface area contributed by atoms with Gasteiger partial charge in [0.15, 0.2) is 0 Å². The van der Waals surface area contributed by atoms with E-state index in [1.54, 1.807) is 0 Å². The molecule has 0 aliphatic rings. The van der Waals surface area contributed by atoms with Crippen LogP contribution in [0.25, 0.3) is 0 Å². The van der Waals surface area contributed by atoms with Gasteiger partial charge >= 0.3 is 0 Å². The second-order valence-electron chi connectivity index (χ2n) is 4.71. The molecular weight excluding hydrogens is 302 g/mol. The van der Waals surface area contributed by atoms with Crippen LogP contribution in [0.1, 0.15) is 29.9 Å². The third kappa shape index (κ3) is 3.45. The van der Waals surface area contributed by atoms with E-state index in [1.165, 1.54) is 11.3 Å². The maximum Gasteiger partial charge on any atom is 0.0625 e. The third-order valence-electron chi connectivity index (χ3n) is 3.39. The fourth-order valence-corrected chi connectivity index (χ4v) is 2.52. The van der Waals surface area contributed by atoms with Gasteiger partial charge in [0.1, 0.15) is 0 Å². The van der Waals surface area contributed by atoms with Gasteiger partial charge in [0.2, 0.25) is 0 Å². The molecular formula is C15H20BrN3. The fourth-order valence-electron chi connectivity index (χ4n) is 2.25. The molecule has 1 aromatic heterocycles. The van der Waals surface area contributed by atoms with Crippen molar-refractivity contribution in [2.75, 3.05) is 7.05 Å². The number of nitrogens with one attached hydrogen (secondary N) is 1. The first-order chi connectivity index (χ1) is 9.13. The molecule has 0 fully saturated rings. The summed E-state index contributed by atoms with van der Waals surface area (Å²) in [5.74, 6) is 0. The molecule has 0 aliphatic heterocycles. The van der Waals surface area contributed by atoms with Crippen molar-refractivity contribution in [2.45, 2.75) is 25.8 Å². The Bertz CT molecular complexity index is 531. The van der Waals surface area contributed by atoms with E-state index in [1.807, 2.05) is 18.8 Å². The lowest BCUT2D eigenvalue weighted by Crippen LogP contribution is -2.21. The van der Waals surface area contributed by atoms with Gasteiger partial charge in [-0.1, -0.05) is 35.0 Å². The Labute approximate surface area is 123 Å². The van der Waals surface area contributed by atoms with Crippen LogP contribution in [-0.2, 0) is 19.9 Å². The van der Waals surface area contributed by atoms with Crippen molar-refractivity contribution in [1.29, 1.82) is 0 Å². The van der Waals surface area contributed by atoms with Gasteiger partial charge in [0.25, 0.3) is 0 Å². The van der Waals surface area contributed by atoms with Crippen molar-refractivity contribution in [2.24, 2.45) is 7.05 Å². The summed E-state index contributed by atoms with van der Waals surface area (Å²) < 4.78 is 3.10. The van der Waals surface area contributed by atoms with Crippen LogP contribution in [0.3, 0.4) is 0 Å². The lowest BCUT2D eigenvalue weighted by Gasteiger charge is -2.16. The number of hydrogen-bond donors (Lipinski definition) is 1. The summed E-state index contributed by atoms with van der Waals surface area (Å²) in [6, 6.07) is 11.0. The Hall–Kier alpha value is -1.13. The summed E-state index contributed by atoms with van der Waals surface area (Å²) in [6.45, 7) is 2.13. The molecule has 1 heterocycles. The molecule has 0 bridgehead atoms. The zero-order valence-electron chi connectivity index (χ0n) is 11.7. The normalized spacial score (nSPS) is 12.6. The molecule has 1 N–H and O–H groups in total. The molecule has 0 spiro atoms. The van der Waals surface area contributed by atoms with Gasteiger partial charge < -0.3 is 5.32 Å². The number of rotatable bonds is 5. The van der Waals surface area contributed by atoms with Crippen LogP contribution in [0.5, 0.6) is 0 Å². The number of aryl methyl sites for hydroxylation is 2. The highest BCUT2D eigenvalue weighted by Crippen LogP contribution is 2.20. The molecule has 0 saturated carbocycles. The minimum atomic E-state index is 0.291. The average Bonchev–Trinajstić information content (AvgIpc) is 2.79. The number of aromatic nitrogens is 2. The zero-order chi connectivity index (χ0) is 13.8. The highest BCUT2D eigenvalue weighted by atomic mass is 79.9. The van der Waals surface area contributed by atoms with E-state index in [4.69, 9.17) is 0 Å². The summed E-state index contributed by atoms with van der Waals surface area (Å²) in [6.07, 6.45) is 1.94. The molecule has 2 rings (SSSR count). The molecule has 102 valence electrons. The lowest BCUT2D eigenvalue weighted by molar-refractivity contribution is 0.536. The second-order valence-corrected chi connectivity index (χ2v) is 5.63. The summed E-state index contributed by atoms with van der Waals surface area (Å²) in [7, 11) is 4.02. The molecule has 3 nitrogen and oxygen atoms in total. The maximum atomic E-state index is 4.52. The monoisotopic (exact) mass is 321 g/mol. The molecule has 1 unspecified atom stereocenters. The summed E-state index contributed by atoms with van der Waals surface area (Å²) >= 11 is 3.47. The first kappa shape index (κ1) is 14.3. The minimum Gasteiger partial charge on any atom is -0.311 e. The van der Waals surface area contributed by atoms with Crippen LogP contribution >= 0.6 is 15.9 Å². The van der Waals surface area contributed by atoms with Gasteiger partial charge in [-0.15, -0.1) is 0 Å². The molecule has 0 saturated heterocycles. The fraction of sp³-hybridized carbons (Fsp3) is 0.400. The van der Waals surface area contributed by atoms with Crippen LogP contribution in [0.2, 0.25) is 0 Å². The SMILES string of the molecule is CCc1cc(C(Cc2ccc(Br)cc2)NC)n(C)n1. The van der Waals surface area contributed by atoms with Crippen molar-refractivity contribution in [3.8, 4) is 0 Å². The van der Waals surface area contributed by atoms with Crippen molar-refractivity contribution in [3.05, 3.63) is 51.8 Å². The Morgan fingerprint density at radius 1 is 1.32 bits per heavy atom. The van der Waals surface area contributed by atoms with E-state index in [0.29, 0.717) is 6.04 Å². The van der Waals surface area contributed by atoms with Crippen molar-refractivity contribution in [1.82, 2.24) is 15.1 Å². The molecule has 0 amide bonds. The number of benzene rings is 1. The molecule has 1 atom stereocenters. The summed E-state index contributed by atoms with van der Waals surface area (Å²) in [5.41, 5.74) is 3.71. The van der Waals surface area contributed by atoms with Crippen LogP contribution in [0.15, 0.2) is 34.8 Å². The van der Waals surface area contributed by atoms with Gasteiger partial charge in [0.05, 0.1) is 17.4 Å². The number of hydrogen-bond acceptors (Lipinski definition) is 2. The van der Waals surface area contributed by atoms with E-state index in [2.05, 4.69) is 63.6 Å². The summed E-state index contributed by atoms with van der Waals surface area (Å²) in [5, 5.41) is 7.91.